The van der Waals surface area contributed by atoms with Gasteiger partial charge in [-0.3, -0.25) is 4.98 Å². The van der Waals surface area contributed by atoms with Crippen molar-refractivity contribution in [2.24, 2.45) is 5.92 Å². The van der Waals surface area contributed by atoms with E-state index in [2.05, 4.69) is 4.98 Å². The molecule has 2 heterocycles. The molecular weight excluding hydrogens is 307 g/mol. The van der Waals surface area contributed by atoms with Crippen LogP contribution >= 0.6 is 0 Å². The van der Waals surface area contributed by atoms with Gasteiger partial charge in [0.05, 0.1) is 25.6 Å². The molecule has 0 spiro atoms. The summed E-state index contributed by atoms with van der Waals surface area (Å²) >= 11 is 0. The Kier molecular flexibility index (Phi) is 7.24. The van der Waals surface area contributed by atoms with Crippen molar-refractivity contribution in [2.45, 2.75) is 33.1 Å². The normalized spacial score (nSPS) is 15.8. The molecule has 0 N–H and O–H groups in total. The minimum absolute atomic E-state index is 0.327. The number of rotatable bonds is 8. The number of pyridine rings is 1. The summed E-state index contributed by atoms with van der Waals surface area (Å²) in [6, 6.07) is 1.78. The molecule has 1 radical (unpaired) electrons. The van der Waals surface area contributed by atoms with Crippen LogP contribution in [0.5, 0.6) is 5.75 Å². The maximum absolute atomic E-state index is 12.1. The van der Waals surface area contributed by atoms with Crippen molar-refractivity contribution in [3.63, 3.8) is 0 Å². The van der Waals surface area contributed by atoms with Gasteiger partial charge >= 0.3 is 5.97 Å². The summed E-state index contributed by atoms with van der Waals surface area (Å²) in [4.78, 5) is 29.1. The zero-order valence-corrected chi connectivity index (χ0v) is 14.4. The van der Waals surface area contributed by atoms with E-state index in [0.29, 0.717) is 30.4 Å². The summed E-state index contributed by atoms with van der Waals surface area (Å²) in [6.07, 6.45) is 5.27. The lowest BCUT2D eigenvalue weighted by Gasteiger charge is -2.30. The molecule has 0 bridgehead atoms. The van der Waals surface area contributed by atoms with Gasteiger partial charge in [-0.25, -0.2) is 4.79 Å². The topological polar surface area (TPSA) is 68.7 Å². The molecule has 1 aromatic heterocycles. The van der Waals surface area contributed by atoms with E-state index in [-0.39, 0.29) is 5.97 Å². The Morgan fingerprint density at radius 3 is 2.75 bits per heavy atom. The number of hydrogen-bond donors (Lipinski definition) is 0. The second kappa shape index (κ2) is 9.42. The Balaban J connectivity index is 2.04. The zero-order chi connectivity index (χ0) is 17.4. The van der Waals surface area contributed by atoms with Crippen LogP contribution < -0.4 is 4.74 Å². The van der Waals surface area contributed by atoms with Gasteiger partial charge in [-0.2, -0.15) is 0 Å². The van der Waals surface area contributed by atoms with Crippen LogP contribution in [0.25, 0.3) is 0 Å². The van der Waals surface area contributed by atoms with E-state index in [1.165, 1.54) is 0 Å². The molecule has 2 rings (SSSR count). The quantitative estimate of drug-likeness (QED) is 0.410. The van der Waals surface area contributed by atoms with Crippen molar-refractivity contribution < 1.29 is 19.1 Å². The van der Waals surface area contributed by atoms with Crippen LogP contribution in [0.4, 0.5) is 0 Å². The predicted octanol–water partition coefficient (Wildman–Crippen LogP) is 1.72. The van der Waals surface area contributed by atoms with E-state index < -0.39 is 0 Å². The van der Waals surface area contributed by atoms with Crippen LogP contribution in [0, 0.1) is 5.92 Å². The summed E-state index contributed by atoms with van der Waals surface area (Å²) in [5.74, 6) is 0.594. The summed E-state index contributed by atoms with van der Waals surface area (Å²) < 4.78 is 10.6. The lowest BCUT2D eigenvalue weighted by Crippen LogP contribution is -2.37. The van der Waals surface area contributed by atoms with Crippen LogP contribution in [-0.4, -0.2) is 55.7 Å². The minimum Gasteiger partial charge on any atom is -0.491 e. The molecule has 24 heavy (non-hydrogen) atoms. The average molecular weight is 331 g/mol. The van der Waals surface area contributed by atoms with Crippen molar-refractivity contribution in [3.8, 4) is 5.75 Å². The number of esters is 1. The molecule has 0 saturated carbocycles. The lowest BCUT2D eigenvalue weighted by molar-refractivity contribution is 0.0521. The van der Waals surface area contributed by atoms with Crippen LogP contribution in [0.3, 0.4) is 0 Å². The van der Waals surface area contributed by atoms with Gasteiger partial charge in [-0.1, -0.05) is 0 Å². The van der Waals surface area contributed by atoms with Gasteiger partial charge in [0.15, 0.2) is 5.75 Å². The van der Waals surface area contributed by atoms with E-state index in [4.69, 9.17) is 9.47 Å². The Hall–Kier alpha value is -1.89. The van der Waals surface area contributed by atoms with Crippen LogP contribution in [0.1, 0.15) is 42.7 Å². The summed E-state index contributed by atoms with van der Waals surface area (Å²) in [6.45, 7) is 6.21. The fourth-order valence-corrected chi connectivity index (χ4v) is 2.92. The first kappa shape index (κ1) is 18.5. The van der Waals surface area contributed by atoms with Crippen molar-refractivity contribution in [1.29, 1.82) is 0 Å². The lowest BCUT2D eigenvalue weighted by atomic mass is 9.85. The van der Waals surface area contributed by atoms with Crippen LogP contribution in [0.15, 0.2) is 12.3 Å². The maximum atomic E-state index is 12.1. The first-order valence-electron chi connectivity index (χ1n) is 8.49. The number of carbonyl (C=O) groups is 2. The Bertz CT molecular complexity index is 560. The minimum atomic E-state index is -0.375. The van der Waals surface area contributed by atoms with Gasteiger partial charge < -0.3 is 19.1 Å². The molecule has 7 heteroatoms. The van der Waals surface area contributed by atoms with Crippen molar-refractivity contribution in [2.75, 3.05) is 26.3 Å². The zero-order valence-electron chi connectivity index (χ0n) is 14.4. The average Bonchev–Trinajstić information content (AvgIpc) is 2.58. The van der Waals surface area contributed by atoms with Gasteiger partial charge in [0.2, 0.25) is 0 Å². The molecule has 0 amide bonds. The number of aromatic nitrogens is 1. The third-order valence-corrected chi connectivity index (χ3v) is 4.14. The number of hydrogen-bond acceptors (Lipinski definition) is 6. The summed E-state index contributed by atoms with van der Waals surface area (Å²) in [5.41, 5.74) is 1.31. The van der Waals surface area contributed by atoms with E-state index >= 15 is 0 Å². The molecular formula is C17H24BN2O4. The van der Waals surface area contributed by atoms with Gasteiger partial charge in [-0.15, -0.1) is 0 Å². The fourth-order valence-electron chi connectivity index (χ4n) is 2.92. The molecule has 0 atom stereocenters. The van der Waals surface area contributed by atoms with Crippen molar-refractivity contribution in [1.82, 2.24) is 9.79 Å². The molecule has 1 saturated heterocycles. The molecule has 1 aliphatic rings. The Morgan fingerprint density at radius 2 is 2.12 bits per heavy atom. The molecule has 0 unspecified atom stereocenters. The number of nitrogens with zero attached hydrogens (tertiary/aromatic N) is 2. The Morgan fingerprint density at radius 1 is 1.38 bits per heavy atom. The molecule has 0 aliphatic carbocycles. The third-order valence-electron chi connectivity index (χ3n) is 4.14. The second-order valence-corrected chi connectivity index (χ2v) is 5.79. The standard InChI is InChI=1S/C17H24BN2O4/c1-3-23-16-11-19-14(10-15(16)17(22)24-4-2)9-13-5-7-20(8-6-13)18-12-21/h10-13H,3-9H2,1-2H3. The SMILES string of the molecule is CCOC(=O)c1cc(CC2CCN([B]C=O)CC2)ncc1OCC. The molecule has 1 aliphatic heterocycles. The van der Waals surface area contributed by atoms with Gasteiger partial charge in [0.1, 0.15) is 5.56 Å². The number of ether oxygens (including phenoxy) is 2. The van der Waals surface area contributed by atoms with Crippen LogP contribution in [0.2, 0.25) is 0 Å². The third kappa shape index (κ3) is 5.06. The van der Waals surface area contributed by atoms with E-state index in [1.54, 1.807) is 26.6 Å². The maximum Gasteiger partial charge on any atom is 0.342 e. The highest BCUT2D eigenvalue weighted by Gasteiger charge is 2.21. The Labute approximate surface area is 143 Å². The molecule has 6 nitrogen and oxygen atoms in total. The highest BCUT2D eigenvalue weighted by atomic mass is 16.5. The molecule has 1 aromatic rings. The van der Waals surface area contributed by atoms with E-state index in [9.17, 15) is 9.59 Å². The summed E-state index contributed by atoms with van der Waals surface area (Å²) in [5, 5.41) is 0. The van der Waals surface area contributed by atoms with Crippen molar-refractivity contribution in [3.05, 3.63) is 23.5 Å². The first-order valence-corrected chi connectivity index (χ1v) is 8.49. The van der Waals surface area contributed by atoms with E-state index in [0.717, 1.165) is 44.2 Å². The van der Waals surface area contributed by atoms with E-state index in [1.807, 2.05) is 11.7 Å². The fraction of sp³-hybridized carbons (Fsp3) is 0.588. The van der Waals surface area contributed by atoms with Gasteiger partial charge in [0.25, 0.3) is 7.41 Å². The first-order chi connectivity index (χ1) is 11.7. The predicted molar refractivity (Wildman–Crippen MR) is 91.9 cm³/mol. The highest BCUT2D eigenvalue weighted by molar-refractivity contribution is 6.64. The molecule has 0 aromatic carbocycles. The van der Waals surface area contributed by atoms with Crippen LogP contribution in [-0.2, 0) is 16.0 Å². The monoisotopic (exact) mass is 331 g/mol. The molecule has 1 fully saturated rings. The molecule has 129 valence electrons. The smallest absolute Gasteiger partial charge is 0.342 e. The van der Waals surface area contributed by atoms with Crippen molar-refractivity contribution >= 4 is 19.6 Å². The number of carbonyl (C=O) groups excluding carboxylic acids is 2. The number of piperidine rings is 1. The summed E-state index contributed by atoms with van der Waals surface area (Å²) in [7, 11) is 1.60. The highest BCUT2D eigenvalue weighted by Crippen LogP contribution is 2.24. The van der Waals surface area contributed by atoms with Gasteiger partial charge in [0, 0.05) is 5.69 Å². The second-order valence-electron chi connectivity index (χ2n) is 5.79. The van der Waals surface area contributed by atoms with Gasteiger partial charge in [-0.05, 0) is 58.2 Å². The largest absolute Gasteiger partial charge is 0.491 e.